The molecule has 2 rings (SSSR count). The quantitative estimate of drug-likeness (QED) is 0.730. The van der Waals surface area contributed by atoms with Crippen LogP contribution >= 0.6 is 27.5 Å². The van der Waals surface area contributed by atoms with Crippen LogP contribution in [0.15, 0.2) is 40.9 Å². The predicted molar refractivity (Wildman–Crippen MR) is 85.0 cm³/mol. The number of carbonyl (C=O) groups is 1. The Morgan fingerprint density at radius 3 is 2.45 bits per heavy atom. The highest BCUT2D eigenvalue weighted by molar-refractivity contribution is 9.10. The molecule has 2 aromatic carbocycles. The molecule has 0 saturated heterocycles. The van der Waals surface area contributed by atoms with Crippen LogP contribution in [0.25, 0.3) is 0 Å². The summed E-state index contributed by atoms with van der Waals surface area (Å²) in [5, 5.41) is 0.334. The molecule has 0 spiro atoms. The molecule has 20 heavy (non-hydrogen) atoms. The van der Waals surface area contributed by atoms with Gasteiger partial charge >= 0.3 is 0 Å². The molecule has 0 aromatic heterocycles. The van der Waals surface area contributed by atoms with Gasteiger partial charge in [-0.25, -0.2) is 0 Å². The third kappa shape index (κ3) is 3.05. The van der Waals surface area contributed by atoms with Crippen molar-refractivity contribution in [1.82, 2.24) is 0 Å². The summed E-state index contributed by atoms with van der Waals surface area (Å²) in [5.74, 6) is 0.367. The Morgan fingerprint density at radius 2 is 1.90 bits per heavy atom. The summed E-state index contributed by atoms with van der Waals surface area (Å²) in [6.07, 6.45) is 0.944. The van der Waals surface area contributed by atoms with Crippen molar-refractivity contribution in [2.45, 2.75) is 13.3 Å². The van der Waals surface area contributed by atoms with E-state index in [-0.39, 0.29) is 5.78 Å². The summed E-state index contributed by atoms with van der Waals surface area (Å²) in [6, 6.07) is 11.0. The van der Waals surface area contributed by atoms with Crippen LogP contribution in [-0.4, -0.2) is 12.9 Å². The lowest BCUT2D eigenvalue weighted by molar-refractivity contribution is 0.103. The maximum Gasteiger partial charge on any atom is 0.194 e. The van der Waals surface area contributed by atoms with Crippen molar-refractivity contribution in [1.29, 1.82) is 0 Å². The van der Waals surface area contributed by atoms with Crippen molar-refractivity contribution >= 4 is 33.3 Å². The molecular weight excluding hydrogens is 340 g/mol. The van der Waals surface area contributed by atoms with E-state index in [0.29, 0.717) is 21.9 Å². The van der Waals surface area contributed by atoms with Crippen molar-refractivity contribution in [3.8, 4) is 5.75 Å². The third-order valence-electron chi connectivity index (χ3n) is 3.09. The van der Waals surface area contributed by atoms with E-state index < -0.39 is 0 Å². The number of rotatable bonds is 4. The second kappa shape index (κ2) is 6.42. The Labute approximate surface area is 131 Å². The number of carbonyl (C=O) groups excluding carboxylic acids is 1. The summed E-state index contributed by atoms with van der Waals surface area (Å²) >= 11 is 9.58. The fraction of sp³-hybridized carbons (Fsp3) is 0.188. The van der Waals surface area contributed by atoms with Crippen molar-refractivity contribution in [3.05, 3.63) is 62.6 Å². The molecule has 0 bridgehead atoms. The van der Waals surface area contributed by atoms with E-state index in [1.54, 1.807) is 12.1 Å². The van der Waals surface area contributed by atoms with Crippen LogP contribution in [-0.2, 0) is 6.42 Å². The van der Waals surface area contributed by atoms with Crippen molar-refractivity contribution in [3.63, 3.8) is 0 Å². The minimum Gasteiger partial charge on any atom is -0.495 e. The lowest BCUT2D eigenvalue weighted by Crippen LogP contribution is -2.03. The molecule has 0 aliphatic heterocycles. The molecule has 4 heteroatoms. The lowest BCUT2D eigenvalue weighted by atomic mass is 10.0. The first kappa shape index (κ1) is 15.1. The van der Waals surface area contributed by atoms with E-state index in [1.807, 2.05) is 24.3 Å². The molecule has 104 valence electrons. The summed E-state index contributed by atoms with van der Waals surface area (Å²) in [7, 11) is 1.53. The number of methoxy groups -OCH3 is 1. The average Bonchev–Trinajstić information content (AvgIpc) is 2.48. The van der Waals surface area contributed by atoms with Gasteiger partial charge in [0.25, 0.3) is 0 Å². The highest BCUT2D eigenvalue weighted by Crippen LogP contribution is 2.33. The maximum atomic E-state index is 12.5. The zero-order valence-electron chi connectivity index (χ0n) is 11.2. The number of ether oxygens (including phenoxy) is 1. The van der Waals surface area contributed by atoms with Crippen LogP contribution in [0.1, 0.15) is 28.4 Å². The van der Waals surface area contributed by atoms with Crippen molar-refractivity contribution in [2.24, 2.45) is 0 Å². The molecule has 0 heterocycles. The van der Waals surface area contributed by atoms with Crippen molar-refractivity contribution in [2.75, 3.05) is 7.11 Å². The van der Waals surface area contributed by atoms with E-state index in [4.69, 9.17) is 16.3 Å². The maximum absolute atomic E-state index is 12.5. The van der Waals surface area contributed by atoms with E-state index >= 15 is 0 Å². The Bertz CT molecular complexity index is 636. The molecule has 0 fully saturated rings. The highest BCUT2D eigenvalue weighted by Gasteiger charge is 2.17. The second-order valence-electron chi connectivity index (χ2n) is 4.35. The zero-order chi connectivity index (χ0) is 14.7. The molecule has 0 amide bonds. The van der Waals surface area contributed by atoms with Crippen molar-refractivity contribution < 1.29 is 9.53 Å². The minimum atomic E-state index is -0.114. The number of benzene rings is 2. The van der Waals surface area contributed by atoms with Gasteiger partial charge in [-0.05, 0) is 24.1 Å². The number of hydrogen-bond donors (Lipinski definition) is 0. The highest BCUT2D eigenvalue weighted by atomic mass is 79.9. The molecule has 2 aromatic rings. The van der Waals surface area contributed by atoms with Gasteiger partial charge in [0, 0.05) is 15.6 Å². The number of ketones is 1. The van der Waals surface area contributed by atoms with Gasteiger partial charge < -0.3 is 4.74 Å². The summed E-state index contributed by atoms with van der Waals surface area (Å²) in [5.41, 5.74) is 2.24. The first-order valence-electron chi connectivity index (χ1n) is 6.23. The van der Waals surface area contributed by atoms with Gasteiger partial charge in [0.1, 0.15) is 5.75 Å². The molecule has 0 aliphatic rings. The van der Waals surface area contributed by atoms with Gasteiger partial charge in [-0.2, -0.15) is 0 Å². The van der Waals surface area contributed by atoms with Gasteiger partial charge in [0.15, 0.2) is 5.78 Å². The average molecular weight is 354 g/mol. The summed E-state index contributed by atoms with van der Waals surface area (Å²) in [6.45, 7) is 2.08. The molecule has 0 aliphatic carbocycles. The predicted octanol–water partition coefficient (Wildman–Crippen LogP) is 4.90. The van der Waals surface area contributed by atoms with Gasteiger partial charge in [0.05, 0.1) is 12.1 Å². The SMILES string of the molecule is CCc1ccc(C(=O)c2cc(Br)cc(OC)c2Cl)cc1. The first-order valence-corrected chi connectivity index (χ1v) is 7.40. The normalized spacial score (nSPS) is 10.4. The molecule has 0 atom stereocenters. The Hall–Kier alpha value is -1.32. The third-order valence-corrected chi connectivity index (χ3v) is 3.94. The minimum absolute atomic E-state index is 0.114. The van der Waals surface area contributed by atoms with Crippen LogP contribution in [0, 0.1) is 0 Å². The van der Waals surface area contributed by atoms with Crippen LogP contribution in [0.2, 0.25) is 5.02 Å². The molecule has 0 unspecified atom stereocenters. The van der Waals surface area contributed by atoms with E-state index in [1.165, 1.54) is 12.7 Å². The second-order valence-corrected chi connectivity index (χ2v) is 5.64. The monoisotopic (exact) mass is 352 g/mol. The smallest absolute Gasteiger partial charge is 0.194 e. The fourth-order valence-corrected chi connectivity index (χ4v) is 2.63. The summed E-state index contributed by atoms with van der Waals surface area (Å²) in [4.78, 5) is 12.5. The van der Waals surface area contributed by atoms with E-state index in [2.05, 4.69) is 22.9 Å². The Balaban J connectivity index is 2.44. The number of halogens is 2. The first-order chi connectivity index (χ1) is 9.56. The topological polar surface area (TPSA) is 26.3 Å². The van der Waals surface area contributed by atoms with Crippen LogP contribution in [0.5, 0.6) is 5.75 Å². The van der Waals surface area contributed by atoms with Gasteiger partial charge in [0.2, 0.25) is 0 Å². The van der Waals surface area contributed by atoms with Gasteiger partial charge in [-0.3, -0.25) is 4.79 Å². The molecular formula is C16H14BrClO2. The van der Waals surface area contributed by atoms with Crippen LogP contribution in [0.3, 0.4) is 0 Å². The number of hydrogen-bond acceptors (Lipinski definition) is 2. The summed E-state index contributed by atoms with van der Waals surface area (Å²) < 4.78 is 5.93. The molecule has 0 radical (unpaired) electrons. The fourth-order valence-electron chi connectivity index (χ4n) is 1.93. The van der Waals surface area contributed by atoms with E-state index in [0.717, 1.165) is 10.9 Å². The lowest BCUT2D eigenvalue weighted by Gasteiger charge is -2.09. The molecule has 2 nitrogen and oxygen atoms in total. The standard InChI is InChI=1S/C16H14BrClO2/c1-3-10-4-6-11(7-5-10)16(19)13-8-12(17)9-14(20-2)15(13)18/h4-9H,3H2,1-2H3. The Kier molecular flexibility index (Phi) is 4.84. The van der Waals surface area contributed by atoms with Gasteiger partial charge in [-0.15, -0.1) is 0 Å². The van der Waals surface area contributed by atoms with E-state index in [9.17, 15) is 4.79 Å². The zero-order valence-corrected chi connectivity index (χ0v) is 13.6. The largest absolute Gasteiger partial charge is 0.495 e. The van der Waals surface area contributed by atoms with Crippen LogP contribution < -0.4 is 4.74 Å². The molecule has 0 N–H and O–H groups in total. The Morgan fingerprint density at radius 1 is 1.25 bits per heavy atom. The van der Waals surface area contributed by atoms with Gasteiger partial charge in [-0.1, -0.05) is 58.7 Å². The number of aryl methyl sites for hydroxylation is 1. The van der Waals surface area contributed by atoms with Crippen LogP contribution in [0.4, 0.5) is 0 Å². The molecule has 0 saturated carbocycles.